The third kappa shape index (κ3) is 3.73. The zero-order chi connectivity index (χ0) is 13.8. The van der Waals surface area contributed by atoms with Gasteiger partial charge in [0.15, 0.2) is 6.40 Å². The Morgan fingerprint density at radius 3 is 2.28 bits per heavy atom. The van der Waals surface area contributed by atoms with Crippen LogP contribution in [0.3, 0.4) is 0 Å². The number of nitrogens with zero attached hydrogens (tertiary/aromatic N) is 1. The second kappa shape index (κ2) is 5.38. The van der Waals surface area contributed by atoms with Gasteiger partial charge in [0.25, 0.3) is 10.0 Å². The molecule has 1 rings (SSSR count). The molecular formula is C10H10F3NO3S. The first-order chi connectivity index (χ1) is 8.27. The van der Waals surface area contributed by atoms with Crippen molar-refractivity contribution in [2.75, 3.05) is 6.61 Å². The fourth-order valence-electron chi connectivity index (χ4n) is 1.04. The van der Waals surface area contributed by atoms with Crippen LogP contribution >= 0.6 is 0 Å². The number of hydrogen-bond donors (Lipinski definition) is 0. The van der Waals surface area contributed by atoms with E-state index in [4.69, 9.17) is 0 Å². The molecule has 0 aliphatic carbocycles. The maximum Gasteiger partial charge on any atom is 0.416 e. The van der Waals surface area contributed by atoms with Crippen molar-refractivity contribution in [3.63, 3.8) is 0 Å². The van der Waals surface area contributed by atoms with Crippen LogP contribution in [0.5, 0.6) is 0 Å². The monoisotopic (exact) mass is 281 g/mol. The molecule has 4 nitrogen and oxygen atoms in total. The first-order valence-electron chi connectivity index (χ1n) is 4.85. The molecule has 0 aliphatic heterocycles. The zero-order valence-corrected chi connectivity index (χ0v) is 10.1. The third-order valence-electron chi connectivity index (χ3n) is 1.90. The van der Waals surface area contributed by atoms with Gasteiger partial charge in [-0.05, 0) is 31.2 Å². The predicted octanol–water partition coefficient (Wildman–Crippen LogP) is 2.46. The van der Waals surface area contributed by atoms with Crippen molar-refractivity contribution < 1.29 is 26.3 Å². The Labute approximate surface area is 102 Å². The molecule has 0 bridgehead atoms. The lowest BCUT2D eigenvalue weighted by atomic mass is 10.2. The normalized spacial score (nSPS) is 12.9. The van der Waals surface area contributed by atoms with Crippen molar-refractivity contribution in [1.82, 2.24) is 0 Å². The number of hydrogen-bond acceptors (Lipinski definition) is 3. The van der Waals surface area contributed by atoms with Crippen molar-refractivity contribution in [3.05, 3.63) is 29.8 Å². The largest absolute Gasteiger partial charge is 0.483 e. The second-order valence-corrected chi connectivity index (χ2v) is 4.80. The second-order valence-electron chi connectivity index (χ2n) is 3.16. The molecule has 0 amide bonds. The Bertz CT molecular complexity index is 520. The van der Waals surface area contributed by atoms with E-state index in [-0.39, 0.29) is 11.5 Å². The van der Waals surface area contributed by atoms with Gasteiger partial charge in [0.2, 0.25) is 0 Å². The van der Waals surface area contributed by atoms with E-state index < -0.39 is 21.8 Å². The van der Waals surface area contributed by atoms with E-state index in [1.807, 2.05) is 0 Å². The maximum absolute atomic E-state index is 12.3. The lowest BCUT2D eigenvalue weighted by Gasteiger charge is -2.06. The van der Waals surface area contributed by atoms with Gasteiger partial charge in [-0.1, -0.05) is 0 Å². The van der Waals surface area contributed by atoms with Crippen molar-refractivity contribution in [2.24, 2.45) is 4.40 Å². The zero-order valence-electron chi connectivity index (χ0n) is 9.31. The molecule has 0 radical (unpaired) electrons. The molecule has 0 saturated carbocycles. The molecular weight excluding hydrogens is 271 g/mol. The summed E-state index contributed by atoms with van der Waals surface area (Å²) in [4.78, 5) is -0.327. The van der Waals surface area contributed by atoms with Crippen molar-refractivity contribution in [2.45, 2.75) is 18.0 Å². The van der Waals surface area contributed by atoms with E-state index in [0.29, 0.717) is 12.1 Å². The molecule has 0 aromatic heterocycles. The summed E-state index contributed by atoms with van der Waals surface area (Å²) in [7, 11) is -4.02. The number of rotatable bonds is 4. The van der Waals surface area contributed by atoms with Crippen LogP contribution in [0.25, 0.3) is 0 Å². The minimum atomic E-state index is -4.50. The molecule has 0 aliphatic rings. The van der Waals surface area contributed by atoms with Gasteiger partial charge in [-0.15, -0.1) is 4.40 Å². The van der Waals surface area contributed by atoms with Gasteiger partial charge in [0, 0.05) is 0 Å². The van der Waals surface area contributed by atoms with Crippen LogP contribution in [0, 0.1) is 0 Å². The quantitative estimate of drug-likeness (QED) is 0.629. The minimum absolute atomic E-state index is 0.242. The molecule has 18 heavy (non-hydrogen) atoms. The molecule has 1 aromatic carbocycles. The van der Waals surface area contributed by atoms with Crippen LogP contribution < -0.4 is 0 Å². The molecule has 0 fully saturated rings. The number of ether oxygens (including phenoxy) is 1. The average Bonchev–Trinajstić information content (AvgIpc) is 2.28. The number of alkyl halides is 3. The van der Waals surface area contributed by atoms with Crippen molar-refractivity contribution >= 4 is 16.4 Å². The first-order valence-corrected chi connectivity index (χ1v) is 6.29. The van der Waals surface area contributed by atoms with E-state index in [9.17, 15) is 21.6 Å². The molecule has 0 saturated heterocycles. The highest BCUT2D eigenvalue weighted by molar-refractivity contribution is 7.90. The molecule has 0 atom stereocenters. The lowest BCUT2D eigenvalue weighted by Crippen LogP contribution is -2.05. The van der Waals surface area contributed by atoms with Crippen molar-refractivity contribution in [1.29, 1.82) is 0 Å². The van der Waals surface area contributed by atoms with Crippen LogP contribution in [0.4, 0.5) is 13.2 Å². The summed E-state index contributed by atoms with van der Waals surface area (Å²) in [6.45, 7) is 1.88. The van der Waals surface area contributed by atoms with Gasteiger partial charge in [0.05, 0.1) is 17.1 Å². The van der Waals surface area contributed by atoms with Crippen molar-refractivity contribution in [3.8, 4) is 0 Å². The van der Waals surface area contributed by atoms with Crippen LogP contribution in [0.2, 0.25) is 0 Å². The summed E-state index contributed by atoms with van der Waals surface area (Å²) in [5, 5.41) is 0. The average molecular weight is 281 g/mol. The van der Waals surface area contributed by atoms with Crippen LogP contribution in [0.1, 0.15) is 12.5 Å². The van der Waals surface area contributed by atoms with Crippen LogP contribution in [-0.4, -0.2) is 21.4 Å². The topological polar surface area (TPSA) is 55.7 Å². The number of benzene rings is 1. The smallest absolute Gasteiger partial charge is 0.416 e. The summed E-state index contributed by atoms with van der Waals surface area (Å²) in [5.41, 5.74) is -0.921. The summed E-state index contributed by atoms with van der Waals surface area (Å²) < 4.78 is 67.6. The van der Waals surface area contributed by atoms with E-state index in [0.717, 1.165) is 18.5 Å². The molecule has 0 spiro atoms. The fraction of sp³-hybridized carbons (Fsp3) is 0.300. The van der Waals surface area contributed by atoms with Gasteiger partial charge in [-0.25, -0.2) is 0 Å². The summed E-state index contributed by atoms with van der Waals surface area (Å²) in [6.07, 6.45) is -3.76. The highest BCUT2D eigenvalue weighted by Crippen LogP contribution is 2.29. The number of sulfonamides is 1. The summed E-state index contributed by atoms with van der Waals surface area (Å²) in [5.74, 6) is 0. The van der Waals surface area contributed by atoms with Gasteiger partial charge in [-0.3, -0.25) is 0 Å². The van der Waals surface area contributed by atoms with Gasteiger partial charge in [-0.2, -0.15) is 21.6 Å². The van der Waals surface area contributed by atoms with Crippen LogP contribution in [0.15, 0.2) is 33.6 Å². The molecule has 0 heterocycles. The molecule has 1 aromatic rings. The minimum Gasteiger partial charge on any atom is -0.483 e. The van der Waals surface area contributed by atoms with E-state index in [1.165, 1.54) is 0 Å². The Morgan fingerprint density at radius 1 is 1.28 bits per heavy atom. The molecule has 100 valence electrons. The highest BCUT2D eigenvalue weighted by Gasteiger charge is 2.30. The maximum atomic E-state index is 12.3. The SMILES string of the molecule is CCOC=NS(=O)(=O)c1ccc(C(F)(F)F)cc1. The summed E-state index contributed by atoms with van der Waals surface area (Å²) >= 11 is 0. The van der Waals surface area contributed by atoms with E-state index in [1.54, 1.807) is 6.92 Å². The Kier molecular flexibility index (Phi) is 4.33. The van der Waals surface area contributed by atoms with Gasteiger partial charge >= 0.3 is 6.18 Å². The highest BCUT2D eigenvalue weighted by atomic mass is 32.2. The van der Waals surface area contributed by atoms with E-state index in [2.05, 4.69) is 9.13 Å². The molecule has 8 heteroatoms. The molecule has 0 unspecified atom stereocenters. The lowest BCUT2D eigenvalue weighted by molar-refractivity contribution is -0.137. The number of halogens is 3. The Morgan fingerprint density at radius 2 is 1.83 bits per heavy atom. The standard InChI is InChI=1S/C10H10F3NO3S/c1-2-17-7-14-18(15,16)9-5-3-8(4-6-9)10(11,12)13/h3-7H,2H2,1H3. The predicted molar refractivity (Wildman–Crippen MR) is 58.7 cm³/mol. The van der Waals surface area contributed by atoms with E-state index >= 15 is 0 Å². The van der Waals surface area contributed by atoms with Gasteiger partial charge < -0.3 is 4.74 Å². The van der Waals surface area contributed by atoms with Crippen LogP contribution in [-0.2, 0) is 20.9 Å². The fourth-order valence-corrected chi connectivity index (χ4v) is 1.81. The molecule has 0 N–H and O–H groups in total. The van der Waals surface area contributed by atoms with Gasteiger partial charge in [0.1, 0.15) is 0 Å². The Balaban J connectivity index is 2.98. The first kappa shape index (κ1) is 14.5. The third-order valence-corrected chi connectivity index (χ3v) is 3.13. The Hall–Kier alpha value is -1.57. The summed E-state index contributed by atoms with van der Waals surface area (Å²) in [6, 6.07) is 3.06.